The minimum atomic E-state index is -5.08. The molecule has 4 aliphatic rings. The summed E-state index contributed by atoms with van der Waals surface area (Å²) < 4.78 is 37.8. The number of aromatic hydroxyl groups is 1. The Labute approximate surface area is 158 Å². The van der Waals surface area contributed by atoms with Crippen LogP contribution < -0.4 is 4.74 Å². The third-order valence-corrected chi connectivity index (χ3v) is 6.39. The maximum Gasteiger partial charge on any atom is 0.490 e. The number of piperidine rings is 1. The lowest BCUT2D eigenvalue weighted by Crippen LogP contribution is -2.64. The molecule has 6 nitrogen and oxygen atoms in total. The Balaban J connectivity index is 0.000000239. The van der Waals surface area contributed by atoms with E-state index in [0.29, 0.717) is 17.7 Å². The summed E-state index contributed by atoms with van der Waals surface area (Å²) in [5.74, 6) is -1.57. The van der Waals surface area contributed by atoms with Gasteiger partial charge in [0.05, 0.1) is 0 Å². The Hall–Kier alpha value is -2.26. The van der Waals surface area contributed by atoms with Gasteiger partial charge in [-0.15, -0.1) is 0 Å². The molecule has 1 spiro atoms. The largest absolute Gasteiger partial charge is 0.504 e. The Bertz CT molecular complexity index is 855. The number of aliphatic carboxylic acids is 1. The molecule has 0 saturated carbocycles. The molecule has 2 heterocycles. The van der Waals surface area contributed by atoms with Crippen LogP contribution in [0.15, 0.2) is 24.3 Å². The molecule has 0 radical (unpaired) electrons. The number of alkyl halides is 3. The molecule has 1 saturated heterocycles. The monoisotopic (exact) mass is 399 g/mol. The number of hydrogen-bond acceptors (Lipinski definition) is 5. The predicted molar refractivity (Wildman–Crippen MR) is 91.3 cm³/mol. The lowest BCUT2D eigenvalue weighted by Gasteiger charge is -2.56. The second-order valence-corrected chi connectivity index (χ2v) is 7.73. The SMILES string of the molecule is CN1CC[C@]23c4c5ccc(O)c4O[C@H]2[C@@H](O)C=C[C@H]3[C@H]1C5.O=C(O)C(F)(F)F. The summed E-state index contributed by atoms with van der Waals surface area (Å²) >= 11 is 0. The van der Waals surface area contributed by atoms with Gasteiger partial charge in [0.2, 0.25) is 0 Å². The summed E-state index contributed by atoms with van der Waals surface area (Å²) in [5, 5.41) is 27.8. The van der Waals surface area contributed by atoms with Crippen LogP contribution in [-0.4, -0.2) is 64.2 Å². The van der Waals surface area contributed by atoms with E-state index < -0.39 is 18.2 Å². The maximum absolute atomic E-state index is 10.6. The van der Waals surface area contributed by atoms with Crippen LogP contribution in [0.4, 0.5) is 13.2 Å². The highest BCUT2D eigenvalue weighted by Gasteiger charge is 2.64. The number of phenolic OH excluding ortho intramolecular Hbond substituents is 1. The molecule has 0 unspecified atom stereocenters. The van der Waals surface area contributed by atoms with E-state index >= 15 is 0 Å². The molecule has 1 aromatic rings. The highest BCUT2D eigenvalue weighted by molar-refractivity contribution is 5.73. The predicted octanol–water partition coefficient (Wildman–Crippen LogP) is 1.83. The van der Waals surface area contributed by atoms with Gasteiger partial charge in [-0.25, -0.2) is 4.79 Å². The molecule has 152 valence electrons. The first-order valence-corrected chi connectivity index (χ1v) is 8.96. The Morgan fingerprint density at radius 2 is 2.00 bits per heavy atom. The Morgan fingerprint density at radius 1 is 1.32 bits per heavy atom. The van der Waals surface area contributed by atoms with Crippen molar-refractivity contribution in [1.29, 1.82) is 0 Å². The van der Waals surface area contributed by atoms with Crippen molar-refractivity contribution in [1.82, 2.24) is 4.90 Å². The maximum atomic E-state index is 10.6. The number of ether oxygens (including phenoxy) is 1. The highest BCUT2D eigenvalue weighted by atomic mass is 19.4. The number of carbonyl (C=O) groups is 1. The second-order valence-electron chi connectivity index (χ2n) is 7.73. The topological polar surface area (TPSA) is 90.2 Å². The van der Waals surface area contributed by atoms with E-state index in [2.05, 4.69) is 18.0 Å². The molecule has 28 heavy (non-hydrogen) atoms. The van der Waals surface area contributed by atoms with E-state index in [-0.39, 0.29) is 17.3 Å². The number of benzene rings is 1. The number of likely N-dealkylation sites (N-methyl/N-ethyl adjacent to an activating group) is 1. The van der Waals surface area contributed by atoms with Gasteiger partial charge >= 0.3 is 12.1 Å². The quantitative estimate of drug-likeness (QED) is 0.577. The Kier molecular flexibility index (Phi) is 4.17. The molecule has 2 aliphatic heterocycles. The highest BCUT2D eigenvalue weighted by Crippen LogP contribution is 2.62. The number of aliphatic hydroxyl groups excluding tert-OH is 1. The molecule has 0 aromatic heterocycles. The fourth-order valence-corrected chi connectivity index (χ4v) is 5.24. The van der Waals surface area contributed by atoms with E-state index in [4.69, 9.17) is 14.6 Å². The van der Waals surface area contributed by atoms with Crippen molar-refractivity contribution in [2.24, 2.45) is 5.92 Å². The van der Waals surface area contributed by atoms with Gasteiger partial charge in [-0.1, -0.05) is 18.2 Å². The molecule has 9 heteroatoms. The number of phenols is 1. The standard InChI is InChI=1S/C17H19NO3.C2HF3O2/c1-18-7-6-17-10-3-5-13(20)16(17)21-15-12(19)4-2-9(14(15)17)8-11(10)18;3-2(4,5)1(6)7/h2-5,10-11,13,16,19-20H,6-8H2,1H3;(H,6,7)/t10-,11+,13-,16-,17-;/m0./s1. The normalized spacial score (nSPS) is 34.8. The first kappa shape index (κ1) is 19.1. The van der Waals surface area contributed by atoms with Gasteiger partial charge < -0.3 is 25.0 Å². The summed E-state index contributed by atoms with van der Waals surface area (Å²) in [6, 6.07) is 4.23. The number of halogens is 3. The summed E-state index contributed by atoms with van der Waals surface area (Å²) in [6.07, 6.45) is 0.0946. The van der Waals surface area contributed by atoms with Crippen LogP contribution in [0.1, 0.15) is 17.5 Å². The lowest BCUT2D eigenvalue weighted by atomic mass is 9.53. The lowest BCUT2D eigenvalue weighted by molar-refractivity contribution is -0.192. The molecule has 5 rings (SSSR count). The van der Waals surface area contributed by atoms with Crippen LogP contribution in [-0.2, 0) is 16.6 Å². The van der Waals surface area contributed by atoms with Gasteiger partial charge in [-0.05, 0) is 38.1 Å². The number of carboxylic acid groups (broad SMARTS) is 1. The van der Waals surface area contributed by atoms with Gasteiger partial charge in [0, 0.05) is 22.9 Å². The molecule has 2 aliphatic carbocycles. The van der Waals surface area contributed by atoms with Crippen LogP contribution in [0.3, 0.4) is 0 Å². The Morgan fingerprint density at radius 3 is 2.64 bits per heavy atom. The zero-order valence-corrected chi connectivity index (χ0v) is 15.0. The summed E-state index contributed by atoms with van der Waals surface area (Å²) in [6.45, 7) is 1.01. The number of carboxylic acids is 1. The fourth-order valence-electron chi connectivity index (χ4n) is 5.24. The zero-order chi connectivity index (χ0) is 20.4. The molecule has 0 amide bonds. The first-order valence-electron chi connectivity index (χ1n) is 8.96. The molecule has 3 N–H and O–H groups in total. The first-order chi connectivity index (χ1) is 13.1. The summed E-state index contributed by atoms with van der Waals surface area (Å²) in [7, 11) is 2.19. The van der Waals surface area contributed by atoms with Gasteiger partial charge in [-0.2, -0.15) is 13.2 Å². The van der Waals surface area contributed by atoms with Gasteiger partial charge in [-0.3, -0.25) is 0 Å². The number of likely N-dealkylation sites (tertiary alicyclic amines) is 1. The van der Waals surface area contributed by atoms with Crippen LogP contribution in [0.5, 0.6) is 11.5 Å². The van der Waals surface area contributed by atoms with Gasteiger partial charge in [0.1, 0.15) is 12.2 Å². The number of hydrogen-bond donors (Lipinski definition) is 3. The van der Waals surface area contributed by atoms with Crippen LogP contribution >= 0.6 is 0 Å². The van der Waals surface area contributed by atoms with Crippen LogP contribution in [0.2, 0.25) is 0 Å². The molecular formula is C19H20F3NO5. The van der Waals surface area contributed by atoms with Crippen LogP contribution in [0, 0.1) is 5.92 Å². The average Bonchev–Trinajstić information content (AvgIpc) is 2.97. The number of aliphatic hydroxyl groups is 1. The van der Waals surface area contributed by atoms with Crippen molar-refractivity contribution in [3.8, 4) is 11.5 Å². The van der Waals surface area contributed by atoms with E-state index in [0.717, 1.165) is 19.4 Å². The summed E-state index contributed by atoms with van der Waals surface area (Å²) in [4.78, 5) is 11.3. The van der Waals surface area contributed by atoms with E-state index in [9.17, 15) is 23.4 Å². The summed E-state index contributed by atoms with van der Waals surface area (Å²) in [5.41, 5.74) is 2.29. The van der Waals surface area contributed by atoms with Crippen molar-refractivity contribution in [2.75, 3.05) is 13.6 Å². The minimum Gasteiger partial charge on any atom is -0.504 e. The average molecular weight is 399 g/mol. The minimum absolute atomic E-state index is 0.160. The smallest absolute Gasteiger partial charge is 0.490 e. The van der Waals surface area contributed by atoms with E-state index in [1.54, 1.807) is 6.07 Å². The third kappa shape index (κ3) is 2.52. The van der Waals surface area contributed by atoms with Crippen molar-refractivity contribution in [2.45, 2.75) is 42.7 Å². The van der Waals surface area contributed by atoms with Crippen molar-refractivity contribution >= 4 is 5.97 Å². The van der Waals surface area contributed by atoms with E-state index in [1.165, 1.54) is 11.1 Å². The number of rotatable bonds is 0. The fraction of sp³-hybridized carbons (Fsp3) is 0.526. The third-order valence-electron chi connectivity index (χ3n) is 6.39. The van der Waals surface area contributed by atoms with Crippen molar-refractivity contribution < 1.29 is 38.0 Å². The van der Waals surface area contributed by atoms with Gasteiger partial charge in [0.25, 0.3) is 0 Å². The van der Waals surface area contributed by atoms with Gasteiger partial charge in [0.15, 0.2) is 11.5 Å². The van der Waals surface area contributed by atoms with Crippen LogP contribution in [0.25, 0.3) is 0 Å². The van der Waals surface area contributed by atoms with Crippen molar-refractivity contribution in [3.63, 3.8) is 0 Å². The molecular weight excluding hydrogens is 379 g/mol. The number of nitrogens with zero attached hydrogens (tertiary/aromatic N) is 1. The molecule has 5 atom stereocenters. The van der Waals surface area contributed by atoms with Crippen molar-refractivity contribution in [3.05, 3.63) is 35.4 Å². The zero-order valence-electron chi connectivity index (χ0n) is 15.0. The molecule has 1 aromatic carbocycles. The molecule has 1 fully saturated rings. The second kappa shape index (κ2) is 6.12. The van der Waals surface area contributed by atoms with E-state index in [1.807, 2.05) is 12.1 Å². The molecule has 2 bridgehead atoms.